The topological polar surface area (TPSA) is 44.8 Å². The van der Waals surface area contributed by atoms with Gasteiger partial charge in [0.25, 0.3) is 0 Å². The van der Waals surface area contributed by atoms with Crippen LogP contribution in [0.2, 0.25) is 0 Å². The van der Waals surface area contributed by atoms with Gasteiger partial charge in [-0.2, -0.15) is 0 Å². The second kappa shape index (κ2) is 6.92. The van der Waals surface area contributed by atoms with Crippen molar-refractivity contribution < 1.29 is 19.0 Å². The van der Waals surface area contributed by atoms with E-state index in [1.807, 2.05) is 0 Å². The first-order valence-electron chi connectivity index (χ1n) is 5.03. The first-order valence-corrected chi connectivity index (χ1v) is 5.03. The predicted octanol–water partition coefficient (Wildman–Crippen LogP) is 0.788. The molecule has 0 aliphatic heterocycles. The summed E-state index contributed by atoms with van der Waals surface area (Å²) < 4.78 is 15.5. The number of ketones is 1. The number of hydrogen-bond donors (Lipinski definition) is 0. The molecule has 4 heteroatoms. The second-order valence-electron chi connectivity index (χ2n) is 3.40. The molecule has 0 aromatic rings. The summed E-state index contributed by atoms with van der Waals surface area (Å²) in [4.78, 5) is 10.6. The Kier molecular flexibility index (Phi) is 5.75. The summed E-state index contributed by atoms with van der Waals surface area (Å²) in [6, 6.07) is 0. The van der Waals surface area contributed by atoms with Crippen molar-refractivity contribution in [3.63, 3.8) is 0 Å². The molecule has 0 N–H and O–H groups in total. The molecule has 14 heavy (non-hydrogen) atoms. The van der Waals surface area contributed by atoms with E-state index in [1.54, 1.807) is 7.11 Å². The number of methoxy groups -OCH3 is 1. The van der Waals surface area contributed by atoms with E-state index in [-0.39, 0.29) is 6.10 Å². The van der Waals surface area contributed by atoms with Gasteiger partial charge in [0.15, 0.2) is 0 Å². The molecule has 82 valence electrons. The first kappa shape index (κ1) is 11.6. The zero-order chi connectivity index (χ0) is 10.2. The Morgan fingerprint density at radius 2 is 2.00 bits per heavy atom. The molecule has 1 rings (SSSR count). The monoisotopic (exact) mass is 202 g/mol. The number of rotatable bonds is 8. The minimum absolute atomic E-state index is 0.157. The molecular weight excluding hydrogens is 184 g/mol. The average molecular weight is 202 g/mol. The van der Waals surface area contributed by atoms with Gasteiger partial charge in [0, 0.05) is 33.2 Å². The third kappa shape index (κ3) is 4.69. The number of carbonyl (C=O) groups excluding carboxylic acids is 1. The van der Waals surface area contributed by atoms with Crippen molar-refractivity contribution in [3.8, 4) is 0 Å². The lowest BCUT2D eigenvalue weighted by atomic mass is 9.94. The van der Waals surface area contributed by atoms with Gasteiger partial charge < -0.3 is 14.2 Å². The highest BCUT2D eigenvalue weighted by Gasteiger charge is 2.26. The summed E-state index contributed by atoms with van der Waals surface area (Å²) in [5.41, 5.74) is 0. The summed E-state index contributed by atoms with van der Waals surface area (Å²) in [5.74, 6) is 0.302. The van der Waals surface area contributed by atoms with Crippen LogP contribution in [0.25, 0.3) is 0 Å². The number of carbonyl (C=O) groups is 1. The van der Waals surface area contributed by atoms with Crippen molar-refractivity contribution >= 4 is 5.78 Å². The summed E-state index contributed by atoms with van der Waals surface area (Å²) in [6.45, 7) is 2.64. The third-order valence-electron chi connectivity index (χ3n) is 2.13. The lowest BCUT2D eigenvalue weighted by Gasteiger charge is -2.24. The average Bonchev–Trinajstić information content (AvgIpc) is 2.13. The van der Waals surface area contributed by atoms with Gasteiger partial charge in [0.1, 0.15) is 5.78 Å². The van der Waals surface area contributed by atoms with Crippen LogP contribution in [0.5, 0.6) is 0 Å². The van der Waals surface area contributed by atoms with Crippen molar-refractivity contribution in [3.05, 3.63) is 0 Å². The van der Waals surface area contributed by atoms with E-state index < -0.39 is 0 Å². The molecule has 0 heterocycles. The van der Waals surface area contributed by atoms with E-state index in [0.717, 1.165) is 13.0 Å². The van der Waals surface area contributed by atoms with E-state index in [9.17, 15) is 4.79 Å². The van der Waals surface area contributed by atoms with Crippen molar-refractivity contribution in [2.75, 3.05) is 33.5 Å². The van der Waals surface area contributed by atoms with Gasteiger partial charge >= 0.3 is 0 Å². The van der Waals surface area contributed by atoms with E-state index in [2.05, 4.69) is 0 Å². The van der Waals surface area contributed by atoms with Crippen LogP contribution in [0.4, 0.5) is 0 Å². The third-order valence-corrected chi connectivity index (χ3v) is 2.13. The highest BCUT2D eigenvalue weighted by atomic mass is 16.5. The van der Waals surface area contributed by atoms with Crippen LogP contribution in [0.3, 0.4) is 0 Å². The Balaban J connectivity index is 1.74. The van der Waals surface area contributed by atoms with Gasteiger partial charge in [-0.1, -0.05) is 0 Å². The lowest BCUT2D eigenvalue weighted by Crippen LogP contribution is -2.32. The smallest absolute Gasteiger partial charge is 0.138 e. The maximum absolute atomic E-state index is 10.6. The van der Waals surface area contributed by atoms with Crippen LogP contribution < -0.4 is 0 Å². The SMILES string of the molecule is COCCCOCCOC1CC(=O)C1. The molecule has 0 saturated heterocycles. The zero-order valence-corrected chi connectivity index (χ0v) is 8.66. The minimum Gasteiger partial charge on any atom is -0.385 e. The maximum atomic E-state index is 10.6. The quantitative estimate of drug-likeness (QED) is 0.546. The van der Waals surface area contributed by atoms with Crippen LogP contribution in [0.15, 0.2) is 0 Å². The summed E-state index contributed by atoms with van der Waals surface area (Å²) >= 11 is 0. The Bertz CT molecular complexity index is 162. The van der Waals surface area contributed by atoms with Crippen LogP contribution in [-0.4, -0.2) is 45.4 Å². The molecule has 0 unspecified atom stereocenters. The minimum atomic E-state index is 0.157. The molecule has 0 atom stereocenters. The Morgan fingerprint density at radius 1 is 1.21 bits per heavy atom. The van der Waals surface area contributed by atoms with Crippen molar-refractivity contribution in [1.82, 2.24) is 0 Å². The van der Waals surface area contributed by atoms with Gasteiger partial charge in [0.2, 0.25) is 0 Å². The van der Waals surface area contributed by atoms with Gasteiger partial charge in [-0.25, -0.2) is 0 Å². The molecule has 0 bridgehead atoms. The largest absolute Gasteiger partial charge is 0.385 e. The molecule has 1 saturated carbocycles. The fourth-order valence-electron chi connectivity index (χ4n) is 1.25. The fraction of sp³-hybridized carbons (Fsp3) is 0.900. The Morgan fingerprint density at radius 3 is 2.64 bits per heavy atom. The Hall–Kier alpha value is -0.450. The molecule has 0 aromatic carbocycles. The van der Waals surface area contributed by atoms with Crippen LogP contribution in [-0.2, 0) is 19.0 Å². The van der Waals surface area contributed by atoms with E-state index in [1.165, 1.54) is 0 Å². The van der Waals surface area contributed by atoms with Crippen molar-refractivity contribution in [1.29, 1.82) is 0 Å². The molecule has 1 fully saturated rings. The Labute approximate surface area is 84.5 Å². The van der Waals surface area contributed by atoms with Crippen molar-refractivity contribution in [2.45, 2.75) is 25.4 Å². The lowest BCUT2D eigenvalue weighted by molar-refractivity contribution is -0.135. The van der Waals surface area contributed by atoms with E-state index in [0.29, 0.717) is 38.4 Å². The van der Waals surface area contributed by atoms with Crippen LogP contribution in [0, 0.1) is 0 Å². The standard InChI is InChI=1S/C10H18O4/c1-12-3-2-4-13-5-6-14-10-7-9(11)8-10/h10H,2-8H2,1H3. The zero-order valence-electron chi connectivity index (χ0n) is 8.66. The van der Waals surface area contributed by atoms with Crippen LogP contribution in [0.1, 0.15) is 19.3 Å². The van der Waals surface area contributed by atoms with Crippen LogP contribution >= 0.6 is 0 Å². The van der Waals surface area contributed by atoms with Gasteiger partial charge in [-0.05, 0) is 6.42 Å². The van der Waals surface area contributed by atoms with E-state index in [4.69, 9.17) is 14.2 Å². The molecule has 1 aliphatic carbocycles. The predicted molar refractivity (Wildman–Crippen MR) is 51.3 cm³/mol. The molecule has 0 aromatic heterocycles. The molecular formula is C10H18O4. The van der Waals surface area contributed by atoms with Gasteiger partial charge in [-0.3, -0.25) is 4.79 Å². The van der Waals surface area contributed by atoms with Gasteiger partial charge in [-0.15, -0.1) is 0 Å². The number of hydrogen-bond acceptors (Lipinski definition) is 4. The first-order chi connectivity index (χ1) is 6.83. The summed E-state index contributed by atoms with van der Waals surface area (Å²) in [5, 5.41) is 0. The molecule has 1 aliphatic rings. The molecule has 0 radical (unpaired) electrons. The van der Waals surface area contributed by atoms with E-state index >= 15 is 0 Å². The number of Topliss-reactive ketones (excluding diaryl/α,β-unsaturated/α-hetero) is 1. The van der Waals surface area contributed by atoms with Gasteiger partial charge in [0.05, 0.1) is 19.3 Å². The summed E-state index contributed by atoms with van der Waals surface area (Å²) in [7, 11) is 1.68. The fourth-order valence-corrected chi connectivity index (χ4v) is 1.25. The molecule has 0 spiro atoms. The maximum Gasteiger partial charge on any atom is 0.138 e. The normalized spacial score (nSPS) is 17.1. The molecule has 0 amide bonds. The highest BCUT2D eigenvalue weighted by molar-refractivity contribution is 5.85. The summed E-state index contributed by atoms with van der Waals surface area (Å²) in [6.07, 6.45) is 2.25. The highest BCUT2D eigenvalue weighted by Crippen LogP contribution is 2.17. The molecule has 4 nitrogen and oxygen atoms in total. The van der Waals surface area contributed by atoms with Crippen molar-refractivity contribution in [2.24, 2.45) is 0 Å². The number of ether oxygens (including phenoxy) is 3. The second-order valence-corrected chi connectivity index (χ2v) is 3.40.